The zero-order valence-electron chi connectivity index (χ0n) is 16.3. The van der Waals surface area contributed by atoms with Crippen LogP contribution in [-0.4, -0.2) is 25.1 Å². The van der Waals surface area contributed by atoms with Crippen LogP contribution < -0.4 is 20.1 Å². The lowest BCUT2D eigenvalue weighted by Crippen LogP contribution is -2.47. The Morgan fingerprint density at radius 3 is 2.74 bits per heavy atom. The van der Waals surface area contributed by atoms with Crippen LogP contribution in [0.5, 0.6) is 11.5 Å². The highest BCUT2D eigenvalue weighted by Gasteiger charge is 2.55. The van der Waals surface area contributed by atoms with E-state index in [9.17, 15) is 4.79 Å². The summed E-state index contributed by atoms with van der Waals surface area (Å²) in [6.07, 6.45) is 0. The maximum atomic E-state index is 14.0. The van der Waals surface area contributed by atoms with Gasteiger partial charge in [-0.1, -0.05) is 18.2 Å². The van der Waals surface area contributed by atoms with E-state index in [0.29, 0.717) is 28.7 Å². The molecule has 1 amide bonds. The van der Waals surface area contributed by atoms with E-state index < -0.39 is 5.41 Å². The third kappa shape index (κ3) is 2.28. The number of nitrogens with two attached hydrogens (primary N) is 1. The van der Waals surface area contributed by atoms with Crippen LogP contribution in [0.15, 0.2) is 57.9 Å². The van der Waals surface area contributed by atoms with E-state index in [-0.39, 0.29) is 31.5 Å². The van der Waals surface area contributed by atoms with Gasteiger partial charge in [0.1, 0.15) is 23.1 Å². The van der Waals surface area contributed by atoms with Crippen molar-refractivity contribution in [1.29, 1.82) is 5.26 Å². The van der Waals surface area contributed by atoms with Crippen LogP contribution in [0.3, 0.4) is 0 Å². The monoisotopic (exact) mass is 412 g/mol. The maximum Gasteiger partial charge on any atom is 0.244 e. The van der Waals surface area contributed by atoms with Gasteiger partial charge in [0.25, 0.3) is 0 Å². The number of nitrogens with zero attached hydrogens (tertiary/aromatic N) is 3. The predicted molar refractivity (Wildman–Crippen MR) is 110 cm³/mol. The summed E-state index contributed by atoms with van der Waals surface area (Å²) in [6, 6.07) is 16.6. The molecular weight excluding hydrogens is 396 g/mol. The lowest BCUT2D eigenvalue weighted by molar-refractivity contribution is -0.121. The molecule has 4 heterocycles. The van der Waals surface area contributed by atoms with Gasteiger partial charge in [0, 0.05) is 11.3 Å². The number of carbonyl (C=O) groups is 1. The molecule has 2 aromatic carbocycles. The number of benzene rings is 2. The molecule has 0 radical (unpaired) electrons. The van der Waals surface area contributed by atoms with Gasteiger partial charge in [0.2, 0.25) is 18.5 Å². The first-order chi connectivity index (χ1) is 15.1. The molecule has 31 heavy (non-hydrogen) atoms. The minimum absolute atomic E-state index is 0.124. The van der Waals surface area contributed by atoms with E-state index in [1.165, 1.54) is 0 Å². The molecule has 152 valence electrons. The molecule has 0 aliphatic carbocycles. The van der Waals surface area contributed by atoms with Crippen LogP contribution in [0.25, 0.3) is 0 Å². The standard InChI is InChI=1S/C23H16N4O4/c24-9-13-5-6-14(31-13)10-27-18-4-2-1-3-16(18)23(22(27)28)11-26-21(25)15-7-19-20(8-17(15)23)30-12-29-19/h1-8H,10-12H2,(H2,25,26). The predicted octanol–water partition coefficient (Wildman–Crippen LogP) is 2.43. The van der Waals surface area contributed by atoms with Crippen molar-refractivity contribution in [1.82, 2.24) is 0 Å². The van der Waals surface area contributed by atoms with Gasteiger partial charge in [-0.2, -0.15) is 5.26 Å². The molecule has 1 atom stereocenters. The van der Waals surface area contributed by atoms with Gasteiger partial charge in [-0.3, -0.25) is 9.79 Å². The first kappa shape index (κ1) is 17.6. The molecule has 0 bridgehead atoms. The third-order valence-corrected chi connectivity index (χ3v) is 6.09. The zero-order valence-corrected chi connectivity index (χ0v) is 16.3. The molecule has 6 rings (SSSR count). The molecule has 3 aliphatic rings. The Kier molecular flexibility index (Phi) is 3.48. The van der Waals surface area contributed by atoms with Gasteiger partial charge < -0.3 is 24.5 Å². The second-order valence-electron chi connectivity index (χ2n) is 7.64. The molecular formula is C23H16N4O4. The second kappa shape index (κ2) is 6.12. The molecule has 1 spiro atoms. The topological polar surface area (TPSA) is 114 Å². The molecule has 3 aliphatic heterocycles. The number of rotatable bonds is 2. The molecule has 8 nitrogen and oxygen atoms in total. The molecule has 0 saturated heterocycles. The number of fused-ring (bicyclic) bond motifs is 5. The molecule has 3 aromatic rings. The Labute approximate surface area is 177 Å². The summed E-state index contributed by atoms with van der Waals surface area (Å²) in [5.74, 6) is 2.15. The Hall–Kier alpha value is -4.25. The highest BCUT2D eigenvalue weighted by molar-refractivity contribution is 6.14. The maximum absolute atomic E-state index is 14.0. The lowest BCUT2D eigenvalue weighted by Gasteiger charge is -2.33. The summed E-state index contributed by atoms with van der Waals surface area (Å²) in [6.45, 7) is 0.524. The summed E-state index contributed by atoms with van der Waals surface area (Å²) >= 11 is 0. The van der Waals surface area contributed by atoms with E-state index in [0.717, 1.165) is 16.8 Å². The number of anilines is 1. The van der Waals surface area contributed by atoms with E-state index in [4.69, 9.17) is 24.9 Å². The summed E-state index contributed by atoms with van der Waals surface area (Å²) in [4.78, 5) is 20.2. The number of nitriles is 1. The van der Waals surface area contributed by atoms with Gasteiger partial charge in [-0.05, 0) is 41.5 Å². The van der Waals surface area contributed by atoms with Crippen LogP contribution >= 0.6 is 0 Å². The van der Waals surface area contributed by atoms with E-state index in [1.807, 2.05) is 36.4 Å². The minimum atomic E-state index is -1.03. The van der Waals surface area contributed by atoms with E-state index >= 15 is 0 Å². The summed E-state index contributed by atoms with van der Waals surface area (Å²) in [7, 11) is 0. The van der Waals surface area contributed by atoms with Crippen molar-refractivity contribution >= 4 is 17.4 Å². The highest BCUT2D eigenvalue weighted by atomic mass is 16.7. The largest absolute Gasteiger partial charge is 0.454 e. The van der Waals surface area contributed by atoms with Crippen molar-refractivity contribution < 1.29 is 18.7 Å². The van der Waals surface area contributed by atoms with Crippen molar-refractivity contribution in [3.05, 3.63) is 76.7 Å². The molecule has 0 fully saturated rings. The summed E-state index contributed by atoms with van der Waals surface area (Å²) < 4.78 is 16.6. The fourth-order valence-corrected chi connectivity index (χ4v) is 4.65. The number of furan rings is 1. The summed E-state index contributed by atoms with van der Waals surface area (Å²) in [5.41, 5.74) is 8.24. The number of ether oxygens (including phenoxy) is 2. The quantitative estimate of drug-likeness (QED) is 0.691. The Morgan fingerprint density at radius 1 is 1.13 bits per heavy atom. The number of amides is 1. The highest BCUT2D eigenvalue weighted by Crippen LogP contribution is 2.51. The van der Waals surface area contributed by atoms with Crippen LogP contribution in [0, 0.1) is 11.3 Å². The van der Waals surface area contributed by atoms with Gasteiger partial charge in [0.05, 0.1) is 13.1 Å². The van der Waals surface area contributed by atoms with Crippen molar-refractivity contribution in [2.45, 2.75) is 12.0 Å². The van der Waals surface area contributed by atoms with Gasteiger partial charge in [-0.15, -0.1) is 0 Å². The number of aliphatic imine (C=N–C) groups is 1. The first-order valence-corrected chi connectivity index (χ1v) is 9.76. The van der Waals surface area contributed by atoms with Crippen LogP contribution in [0.1, 0.15) is 28.2 Å². The molecule has 1 aromatic heterocycles. The Morgan fingerprint density at radius 2 is 1.94 bits per heavy atom. The van der Waals surface area contributed by atoms with E-state index in [1.54, 1.807) is 23.1 Å². The van der Waals surface area contributed by atoms with Gasteiger partial charge in [-0.25, -0.2) is 0 Å². The normalized spacial score (nSPS) is 20.4. The van der Waals surface area contributed by atoms with Gasteiger partial charge in [0.15, 0.2) is 11.5 Å². The smallest absolute Gasteiger partial charge is 0.244 e. The van der Waals surface area contributed by atoms with Crippen molar-refractivity contribution in [3.8, 4) is 17.6 Å². The van der Waals surface area contributed by atoms with Crippen LogP contribution in [0.4, 0.5) is 5.69 Å². The van der Waals surface area contributed by atoms with Gasteiger partial charge >= 0.3 is 0 Å². The fourth-order valence-electron chi connectivity index (χ4n) is 4.65. The van der Waals surface area contributed by atoms with Crippen LogP contribution in [-0.2, 0) is 16.8 Å². The van der Waals surface area contributed by atoms with E-state index in [2.05, 4.69) is 4.99 Å². The first-order valence-electron chi connectivity index (χ1n) is 9.76. The Balaban J connectivity index is 1.53. The molecule has 0 saturated carbocycles. The average Bonchev–Trinajstić information content (AvgIpc) is 3.50. The fraction of sp³-hybridized carbons (Fsp3) is 0.174. The number of hydrogen-bond acceptors (Lipinski definition) is 7. The third-order valence-electron chi connectivity index (χ3n) is 6.09. The summed E-state index contributed by atoms with van der Waals surface area (Å²) in [5, 5.41) is 9.06. The molecule has 2 N–H and O–H groups in total. The number of carbonyl (C=O) groups excluding carboxylic acids is 1. The van der Waals surface area contributed by atoms with Crippen LogP contribution in [0.2, 0.25) is 0 Å². The van der Waals surface area contributed by atoms with Crippen molar-refractivity contribution in [3.63, 3.8) is 0 Å². The zero-order chi connectivity index (χ0) is 21.2. The SMILES string of the molecule is N#Cc1ccc(CN2C(=O)C3(CN=C(N)c4cc5c(cc43)OCO5)c3ccccc32)o1. The molecule has 8 heteroatoms. The number of amidine groups is 1. The van der Waals surface area contributed by atoms with Crippen molar-refractivity contribution in [2.75, 3.05) is 18.2 Å². The molecule has 1 unspecified atom stereocenters. The lowest BCUT2D eigenvalue weighted by atomic mass is 9.71. The average molecular weight is 412 g/mol. The Bertz CT molecular complexity index is 1340. The second-order valence-corrected chi connectivity index (χ2v) is 7.64. The number of para-hydroxylation sites is 1. The number of hydrogen-bond donors (Lipinski definition) is 1. The minimum Gasteiger partial charge on any atom is -0.454 e. The van der Waals surface area contributed by atoms with Crippen molar-refractivity contribution in [2.24, 2.45) is 10.7 Å².